The van der Waals surface area contributed by atoms with Crippen molar-refractivity contribution in [3.63, 3.8) is 0 Å². The van der Waals surface area contributed by atoms with Crippen LogP contribution in [0.5, 0.6) is 0 Å². The van der Waals surface area contributed by atoms with Crippen molar-refractivity contribution in [2.24, 2.45) is 0 Å². The van der Waals surface area contributed by atoms with Crippen LogP contribution in [0.2, 0.25) is 0 Å². The van der Waals surface area contributed by atoms with Gasteiger partial charge < -0.3 is 4.90 Å². The molecule has 0 saturated heterocycles. The first-order valence-corrected chi connectivity index (χ1v) is 8.06. The summed E-state index contributed by atoms with van der Waals surface area (Å²) in [5, 5.41) is 0. The second-order valence-electron chi connectivity index (χ2n) is 5.07. The molecule has 114 valence electrons. The Labute approximate surface area is 134 Å². The molecular weight excluding hydrogens is 297 g/mol. The van der Waals surface area contributed by atoms with E-state index in [4.69, 9.17) is 0 Å². The SMILES string of the molecule is CSc1ccc(/C(=C\N(C)C)C(=O)c2ccc(F)cc2)cc1. The van der Waals surface area contributed by atoms with Gasteiger partial charge in [-0.2, -0.15) is 0 Å². The molecule has 0 amide bonds. The maximum atomic E-state index is 13.0. The Morgan fingerprint density at radius 1 is 1.00 bits per heavy atom. The minimum Gasteiger partial charge on any atom is -0.383 e. The van der Waals surface area contributed by atoms with Crippen LogP contribution >= 0.6 is 11.8 Å². The first-order chi connectivity index (χ1) is 10.5. The first-order valence-electron chi connectivity index (χ1n) is 6.84. The molecule has 0 fully saturated rings. The molecular formula is C18H18FNOS. The van der Waals surface area contributed by atoms with Gasteiger partial charge in [-0.15, -0.1) is 11.8 Å². The van der Waals surface area contributed by atoms with Crippen LogP contribution in [0, 0.1) is 5.82 Å². The van der Waals surface area contributed by atoms with Crippen molar-refractivity contribution in [3.8, 4) is 0 Å². The molecule has 2 aromatic carbocycles. The number of hydrogen-bond acceptors (Lipinski definition) is 3. The Kier molecular flexibility index (Phi) is 5.39. The number of rotatable bonds is 5. The molecule has 0 N–H and O–H groups in total. The number of ketones is 1. The summed E-state index contributed by atoms with van der Waals surface area (Å²) in [6.07, 6.45) is 3.80. The van der Waals surface area contributed by atoms with E-state index in [-0.39, 0.29) is 11.6 Å². The predicted molar refractivity (Wildman–Crippen MR) is 90.6 cm³/mol. The minimum absolute atomic E-state index is 0.120. The summed E-state index contributed by atoms with van der Waals surface area (Å²) in [6.45, 7) is 0. The fourth-order valence-corrected chi connectivity index (χ4v) is 2.46. The molecule has 0 radical (unpaired) electrons. The van der Waals surface area contributed by atoms with Gasteiger partial charge in [0.05, 0.1) is 0 Å². The fraction of sp³-hybridized carbons (Fsp3) is 0.167. The van der Waals surface area contributed by atoms with Crippen LogP contribution in [0.15, 0.2) is 59.6 Å². The number of allylic oxidation sites excluding steroid dienone is 1. The lowest BCUT2D eigenvalue weighted by Gasteiger charge is -2.12. The Morgan fingerprint density at radius 3 is 2.05 bits per heavy atom. The molecule has 0 aromatic heterocycles. The van der Waals surface area contributed by atoms with Crippen molar-refractivity contribution in [1.82, 2.24) is 4.90 Å². The number of halogens is 1. The van der Waals surface area contributed by atoms with Crippen LogP contribution < -0.4 is 0 Å². The normalized spacial score (nSPS) is 11.4. The van der Waals surface area contributed by atoms with E-state index >= 15 is 0 Å². The van der Waals surface area contributed by atoms with Crippen LogP contribution in [0.3, 0.4) is 0 Å². The number of hydrogen-bond donors (Lipinski definition) is 0. The average molecular weight is 315 g/mol. The summed E-state index contributed by atoms with van der Waals surface area (Å²) in [6, 6.07) is 13.5. The van der Waals surface area contributed by atoms with Crippen molar-refractivity contribution in [3.05, 3.63) is 71.7 Å². The van der Waals surface area contributed by atoms with E-state index in [9.17, 15) is 9.18 Å². The number of thioether (sulfide) groups is 1. The lowest BCUT2D eigenvalue weighted by Crippen LogP contribution is -2.09. The summed E-state index contributed by atoms with van der Waals surface area (Å²) >= 11 is 1.65. The third kappa shape index (κ3) is 3.98. The van der Waals surface area contributed by atoms with Gasteiger partial charge in [-0.25, -0.2) is 4.39 Å². The van der Waals surface area contributed by atoms with Crippen molar-refractivity contribution in [2.75, 3.05) is 20.4 Å². The number of benzene rings is 2. The quantitative estimate of drug-likeness (QED) is 0.465. The van der Waals surface area contributed by atoms with E-state index < -0.39 is 0 Å². The molecule has 22 heavy (non-hydrogen) atoms. The maximum Gasteiger partial charge on any atom is 0.195 e. The molecule has 0 unspecified atom stereocenters. The summed E-state index contributed by atoms with van der Waals surface area (Å²) in [5.74, 6) is -0.468. The van der Waals surface area contributed by atoms with Gasteiger partial charge in [0.1, 0.15) is 5.82 Å². The zero-order valence-electron chi connectivity index (χ0n) is 12.8. The number of nitrogens with zero attached hydrogens (tertiary/aromatic N) is 1. The summed E-state index contributed by atoms with van der Waals surface area (Å²) in [5.41, 5.74) is 1.91. The number of Topliss-reactive ketones (excluding diaryl/α,β-unsaturated/α-hetero) is 1. The second-order valence-corrected chi connectivity index (χ2v) is 5.95. The van der Waals surface area contributed by atoms with E-state index in [2.05, 4.69) is 0 Å². The smallest absolute Gasteiger partial charge is 0.195 e. The highest BCUT2D eigenvalue weighted by atomic mass is 32.2. The Bertz CT molecular complexity index is 675. The fourth-order valence-electron chi connectivity index (χ4n) is 2.05. The van der Waals surface area contributed by atoms with E-state index in [1.807, 2.05) is 49.5 Å². The van der Waals surface area contributed by atoms with Crippen LogP contribution in [0.1, 0.15) is 15.9 Å². The van der Waals surface area contributed by atoms with Gasteiger partial charge in [0, 0.05) is 36.3 Å². The van der Waals surface area contributed by atoms with Crippen LogP contribution in [-0.4, -0.2) is 31.0 Å². The van der Waals surface area contributed by atoms with Crippen molar-refractivity contribution in [2.45, 2.75) is 4.90 Å². The van der Waals surface area contributed by atoms with Crippen molar-refractivity contribution >= 4 is 23.1 Å². The van der Waals surface area contributed by atoms with E-state index in [0.717, 1.165) is 10.5 Å². The van der Waals surface area contributed by atoms with Gasteiger partial charge in [-0.3, -0.25) is 4.79 Å². The molecule has 0 aliphatic rings. The highest BCUT2D eigenvalue weighted by molar-refractivity contribution is 7.98. The lowest BCUT2D eigenvalue weighted by molar-refractivity contribution is 0.105. The zero-order chi connectivity index (χ0) is 16.1. The summed E-state index contributed by atoms with van der Waals surface area (Å²) in [7, 11) is 3.74. The van der Waals surface area contributed by atoms with E-state index in [1.165, 1.54) is 24.3 Å². The summed E-state index contributed by atoms with van der Waals surface area (Å²) in [4.78, 5) is 15.7. The maximum absolute atomic E-state index is 13.0. The topological polar surface area (TPSA) is 20.3 Å². The second kappa shape index (κ2) is 7.27. The van der Waals surface area contributed by atoms with Gasteiger partial charge in [0.25, 0.3) is 0 Å². The van der Waals surface area contributed by atoms with Crippen LogP contribution in [-0.2, 0) is 0 Å². The van der Waals surface area contributed by atoms with E-state index in [1.54, 1.807) is 18.0 Å². The molecule has 0 spiro atoms. The van der Waals surface area contributed by atoms with Crippen molar-refractivity contribution in [1.29, 1.82) is 0 Å². The minimum atomic E-state index is -0.348. The zero-order valence-corrected chi connectivity index (χ0v) is 13.7. The molecule has 0 aliphatic heterocycles. The Balaban J connectivity index is 2.41. The van der Waals surface area contributed by atoms with Gasteiger partial charge in [-0.1, -0.05) is 12.1 Å². The average Bonchev–Trinajstić information content (AvgIpc) is 2.53. The monoisotopic (exact) mass is 315 g/mol. The highest BCUT2D eigenvalue weighted by Gasteiger charge is 2.15. The Morgan fingerprint density at radius 2 is 1.55 bits per heavy atom. The lowest BCUT2D eigenvalue weighted by atomic mass is 9.97. The third-order valence-electron chi connectivity index (χ3n) is 3.14. The first kappa shape index (κ1) is 16.3. The largest absolute Gasteiger partial charge is 0.383 e. The van der Waals surface area contributed by atoms with Gasteiger partial charge in [0.2, 0.25) is 0 Å². The standard InChI is InChI=1S/C18H18FNOS/c1-20(2)12-17(13-6-10-16(22-3)11-7-13)18(21)14-4-8-15(19)9-5-14/h4-12H,1-3H3/b17-12+. The molecule has 2 rings (SSSR count). The molecule has 0 saturated carbocycles. The summed E-state index contributed by atoms with van der Waals surface area (Å²) < 4.78 is 13.0. The molecule has 0 bridgehead atoms. The molecule has 2 aromatic rings. The van der Waals surface area contributed by atoms with Crippen LogP contribution in [0.25, 0.3) is 5.57 Å². The molecule has 0 atom stereocenters. The molecule has 0 aliphatic carbocycles. The Hall–Kier alpha value is -2.07. The molecule has 4 heteroatoms. The number of carbonyl (C=O) groups excluding carboxylic acids is 1. The van der Waals surface area contributed by atoms with Gasteiger partial charge >= 0.3 is 0 Å². The van der Waals surface area contributed by atoms with E-state index in [0.29, 0.717) is 11.1 Å². The predicted octanol–water partition coefficient (Wildman–Crippen LogP) is 4.33. The molecule has 2 nitrogen and oxygen atoms in total. The number of carbonyl (C=O) groups is 1. The third-order valence-corrected chi connectivity index (χ3v) is 3.88. The van der Waals surface area contributed by atoms with Crippen molar-refractivity contribution < 1.29 is 9.18 Å². The van der Waals surface area contributed by atoms with Gasteiger partial charge in [0.15, 0.2) is 5.78 Å². The van der Waals surface area contributed by atoms with Crippen LogP contribution in [0.4, 0.5) is 4.39 Å². The molecule has 0 heterocycles. The van der Waals surface area contributed by atoms with Gasteiger partial charge in [-0.05, 0) is 48.2 Å². The highest BCUT2D eigenvalue weighted by Crippen LogP contribution is 2.23.